The highest BCUT2D eigenvalue weighted by Gasteiger charge is 2.41. The summed E-state index contributed by atoms with van der Waals surface area (Å²) < 4.78 is 38.3. The molecule has 1 saturated carbocycles. The van der Waals surface area contributed by atoms with Crippen molar-refractivity contribution < 1.29 is 18.0 Å². The van der Waals surface area contributed by atoms with Crippen LogP contribution in [0.3, 0.4) is 0 Å². The molecule has 1 aliphatic carbocycles. The van der Waals surface area contributed by atoms with Crippen molar-refractivity contribution >= 4 is 5.91 Å². The number of carbonyl (C=O) groups is 1. The van der Waals surface area contributed by atoms with Crippen LogP contribution in [0.25, 0.3) is 0 Å². The summed E-state index contributed by atoms with van der Waals surface area (Å²) in [6, 6.07) is -1.43. The minimum atomic E-state index is -4.19. The van der Waals surface area contributed by atoms with Crippen LogP contribution >= 0.6 is 0 Å². The van der Waals surface area contributed by atoms with Gasteiger partial charge in [-0.3, -0.25) is 14.6 Å². The Bertz CT molecular complexity index is 389. The molecule has 0 spiro atoms. The van der Waals surface area contributed by atoms with Gasteiger partial charge in [0.2, 0.25) is 5.91 Å². The Hall–Kier alpha value is -0.820. The maximum absolute atomic E-state index is 12.8. The third-order valence-electron chi connectivity index (χ3n) is 5.25. The summed E-state index contributed by atoms with van der Waals surface area (Å²) in [6.07, 6.45) is 1.44. The van der Waals surface area contributed by atoms with Crippen LogP contribution in [-0.4, -0.2) is 66.2 Å². The number of carbonyl (C=O) groups excluding carboxylic acids is 1. The van der Waals surface area contributed by atoms with Crippen LogP contribution < -0.4 is 5.32 Å². The van der Waals surface area contributed by atoms with Gasteiger partial charge < -0.3 is 5.32 Å². The SMILES string of the molecule is C[C@H](C(=O)NC1CCCCC1)N1CCN([C@@H](C)C(F)(F)F)CC1. The average molecular weight is 335 g/mol. The first kappa shape index (κ1) is 18.5. The minimum absolute atomic E-state index is 0.00854. The molecule has 2 aliphatic rings. The Morgan fingerprint density at radius 1 is 1.00 bits per heavy atom. The molecule has 23 heavy (non-hydrogen) atoms. The van der Waals surface area contributed by atoms with Crippen molar-refractivity contribution in [2.75, 3.05) is 26.2 Å². The lowest BCUT2D eigenvalue weighted by Crippen LogP contribution is -2.58. The molecule has 1 aliphatic heterocycles. The first-order valence-corrected chi connectivity index (χ1v) is 8.64. The van der Waals surface area contributed by atoms with Crippen LogP contribution in [0.4, 0.5) is 13.2 Å². The van der Waals surface area contributed by atoms with E-state index in [-0.39, 0.29) is 18.0 Å². The molecule has 1 N–H and O–H groups in total. The predicted octanol–water partition coefficient (Wildman–Crippen LogP) is 2.39. The van der Waals surface area contributed by atoms with Crippen molar-refractivity contribution in [3.8, 4) is 0 Å². The van der Waals surface area contributed by atoms with Gasteiger partial charge in [-0.1, -0.05) is 19.3 Å². The first-order chi connectivity index (χ1) is 10.8. The van der Waals surface area contributed by atoms with Gasteiger partial charge in [0.1, 0.15) is 6.04 Å². The van der Waals surface area contributed by atoms with Gasteiger partial charge in [0.15, 0.2) is 0 Å². The molecule has 0 aromatic rings. The zero-order valence-electron chi connectivity index (χ0n) is 14.0. The summed E-state index contributed by atoms with van der Waals surface area (Å²) in [5, 5.41) is 3.10. The molecular formula is C16H28F3N3O. The summed E-state index contributed by atoms with van der Waals surface area (Å²) in [5.41, 5.74) is 0. The Kier molecular flexibility index (Phi) is 6.31. The summed E-state index contributed by atoms with van der Waals surface area (Å²) in [5.74, 6) is 0.00854. The summed E-state index contributed by atoms with van der Waals surface area (Å²) in [4.78, 5) is 15.8. The molecule has 7 heteroatoms. The van der Waals surface area contributed by atoms with Crippen LogP contribution in [0.1, 0.15) is 46.0 Å². The van der Waals surface area contributed by atoms with Crippen molar-refractivity contribution in [3.05, 3.63) is 0 Å². The van der Waals surface area contributed by atoms with Crippen LogP contribution in [-0.2, 0) is 4.79 Å². The molecule has 0 radical (unpaired) electrons. The van der Waals surface area contributed by atoms with Crippen molar-refractivity contribution in [1.82, 2.24) is 15.1 Å². The number of piperazine rings is 1. The number of nitrogens with one attached hydrogen (secondary N) is 1. The van der Waals surface area contributed by atoms with Gasteiger partial charge >= 0.3 is 6.18 Å². The van der Waals surface area contributed by atoms with E-state index in [1.807, 2.05) is 11.8 Å². The maximum atomic E-state index is 12.8. The summed E-state index contributed by atoms with van der Waals surface area (Å²) >= 11 is 0. The molecule has 134 valence electrons. The van der Waals surface area contributed by atoms with E-state index in [2.05, 4.69) is 5.32 Å². The Labute approximate surface area is 136 Å². The lowest BCUT2D eigenvalue weighted by atomic mass is 9.95. The van der Waals surface area contributed by atoms with Gasteiger partial charge in [-0.2, -0.15) is 13.2 Å². The molecule has 2 fully saturated rings. The molecule has 0 aromatic heterocycles. The zero-order valence-corrected chi connectivity index (χ0v) is 14.0. The van der Waals surface area contributed by atoms with Gasteiger partial charge in [0, 0.05) is 32.2 Å². The second-order valence-electron chi connectivity index (χ2n) is 6.81. The highest BCUT2D eigenvalue weighted by atomic mass is 19.4. The van der Waals surface area contributed by atoms with E-state index in [0.29, 0.717) is 26.2 Å². The van der Waals surface area contributed by atoms with E-state index in [4.69, 9.17) is 0 Å². The Balaban J connectivity index is 1.78. The van der Waals surface area contributed by atoms with Crippen LogP contribution in [0.15, 0.2) is 0 Å². The van der Waals surface area contributed by atoms with Gasteiger partial charge in [-0.15, -0.1) is 0 Å². The Morgan fingerprint density at radius 2 is 1.52 bits per heavy atom. The quantitative estimate of drug-likeness (QED) is 0.857. The number of hydrogen-bond donors (Lipinski definition) is 1. The largest absolute Gasteiger partial charge is 0.403 e. The van der Waals surface area contributed by atoms with E-state index < -0.39 is 12.2 Å². The fourth-order valence-corrected chi connectivity index (χ4v) is 3.45. The predicted molar refractivity (Wildman–Crippen MR) is 83.1 cm³/mol. The third-order valence-corrected chi connectivity index (χ3v) is 5.25. The summed E-state index contributed by atoms with van der Waals surface area (Å²) in [6.45, 7) is 4.75. The van der Waals surface area contributed by atoms with E-state index in [1.165, 1.54) is 18.2 Å². The molecule has 1 amide bonds. The van der Waals surface area contributed by atoms with E-state index in [9.17, 15) is 18.0 Å². The van der Waals surface area contributed by atoms with Gasteiger partial charge in [0.05, 0.1) is 6.04 Å². The fraction of sp³-hybridized carbons (Fsp3) is 0.938. The topological polar surface area (TPSA) is 35.6 Å². The molecular weight excluding hydrogens is 307 g/mol. The maximum Gasteiger partial charge on any atom is 0.403 e. The zero-order chi connectivity index (χ0) is 17.0. The third kappa shape index (κ3) is 5.08. The molecule has 0 unspecified atom stereocenters. The number of rotatable bonds is 4. The van der Waals surface area contributed by atoms with Gasteiger partial charge in [-0.05, 0) is 26.7 Å². The second kappa shape index (κ2) is 7.83. The van der Waals surface area contributed by atoms with Crippen molar-refractivity contribution in [2.45, 2.75) is 70.3 Å². The molecule has 1 saturated heterocycles. The molecule has 4 nitrogen and oxygen atoms in total. The number of amides is 1. The molecule has 0 bridgehead atoms. The highest BCUT2D eigenvalue weighted by molar-refractivity contribution is 5.81. The number of hydrogen-bond acceptors (Lipinski definition) is 3. The lowest BCUT2D eigenvalue weighted by Gasteiger charge is -2.40. The highest BCUT2D eigenvalue weighted by Crippen LogP contribution is 2.25. The summed E-state index contributed by atoms with van der Waals surface area (Å²) in [7, 11) is 0. The van der Waals surface area contributed by atoms with E-state index >= 15 is 0 Å². The fourth-order valence-electron chi connectivity index (χ4n) is 3.45. The number of nitrogens with zero attached hydrogens (tertiary/aromatic N) is 2. The Morgan fingerprint density at radius 3 is 2.04 bits per heavy atom. The van der Waals surface area contributed by atoms with Crippen molar-refractivity contribution in [2.24, 2.45) is 0 Å². The number of halogens is 3. The first-order valence-electron chi connectivity index (χ1n) is 8.64. The van der Waals surface area contributed by atoms with E-state index in [1.54, 1.807) is 0 Å². The van der Waals surface area contributed by atoms with E-state index in [0.717, 1.165) is 25.7 Å². The number of alkyl halides is 3. The van der Waals surface area contributed by atoms with Crippen molar-refractivity contribution in [3.63, 3.8) is 0 Å². The molecule has 1 heterocycles. The van der Waals surface area contributed by atoms with Crippen molar-refractivity contribution in [1.29, 1.82) is 0 Å². The van der Waals surface area contributed by atoms with Crippen LogP contribution in [0, 0.1) is 0 Å². The average Bonchev–Trinajstić information content (AvgIpc) is 2.53. The normalized spacial score (nSPS) is 25.1. The standard InChI is InChI=1S/C16H28F3N3O/c1-12(15(23)20-14-6-4-3-5-7-14)21-8-10-22(11-9-21)13(2)16(17,18)19/h12-14H,3-11H2,1-2H3,(H,20,23)/t12-,13+/m1/s1. The lowest BCUT2D eigenvalue weighted by molar-refractivity contribution is -0.183. The molecule has 0 aromatic carbocycles. The van der Waals surface area contributed by atoms with Crippen LogP contribution in [0.5, 0.6) is 0 Å². The second-order valence-corrected chi connectivity index (χ2v) is 6.81. The minimum Gasteiger partial charge on any atom is -0.352 e. The van der Waals surface area contributed by atoms with Crippen LogP contribution in [0.2, 0.25) is 0 Å². The molecule has 2 rings (SSSR count). The van der Waals surface area contributed by atoms with Gasteiger partial charge in [0.25, 0.3) is 0 Å². The molecule has 2 atom stereocenters. The smallest absolute Gasteiger partial charge is 0.352 e. The monoisotopic (exact) mass is 335 g/mol. The van der Waals surface area contributed by atoms with Gasteiger partial charge in [-0.25, -0.2) is 0 Å².